The van der Waals surface area contributed by atoms with E-state index in [0.717, 1.165) is 38.8 Å². The lowest BCUT2D eigenvalue weighted by Gasteiger charge is -2.17. The van der Waals surface area contributed by atoms with Crippen LogP contribution in [0.5, 0.6) is 0 Å². The highest BCUT2D eigenvalue weighted by atomic mass is 32.1. The molecule has 0 saturated carbocycles. The first-order valence-electron chi connectivity index (χ1n) is 22.1. The molecule has 0 spiro atoms. The van der Waals surface area contributed by atoms with Gasteiger partial charge in [-0.3, -0.25) is 0 Å². The zero-order valence-corrected chi connectivity index (χ0v) is 35.8. The Hall–Kier alpha value is -8.31. The van der Waals surface area contributed by atoms with Crippen molar-refractivity contribution in [2.45, 2.75) is 0 Å². The minimum atomic E-state index is 0.631. The van der Waals surface area contributed by atoms with E-state index in [1.807, 2.05) is 11.3 Å². The number of fused-ring (bicyclic) bond motifs is 5. The summed E-state index contributed by atoms with van der Waals surface area (Å²) in [7, 11) is 0. The zero-order chi connectivity index (χ0) is 42.6. The van der Waals surface area contributed by atoms with Crippen LogP contribution in [-0.4, -0.2) is 15.0 Å². The van der Waals surface area contributed by atoms with E-state index in [1.54, 1.807) is 0 Å². The van der Waals surface area contributed by atoms with Crippen LogP contribution >= 0.6 is 11.3 Å². The summed E-state index contributed by atoms with van der Waals surface area (Å²) in [5.41, 5.74) is 7.45. The van der Waals surface area contributed by atoms with Crippen LogP contribution in [0, 0.1) is 0 Å². The molecule has 0 bridgehead atoms. The van der Waals surface area contributed by atoms with Crippen molar-refractivity contribution in [1.82, 2.24) is 15.0 Å². The predicted octanol–water partition coefficient (Wildman–Crippen LogP) is 16.9. The summed E-state index contributed by atoms with van der Waals surface area (Å²) in [6.07, 6.45) is 0. The zero-order valence-electron chi connectivity index (χ0n) is 35.0. The van der Waals surface area contributed by atoms with E-state index in [9.17, 15) is 0 Å². The summed E-state index contributed by atoms with van der Waals surface area (Å²) in [6, 6.07) is 77.0. The van der Waals surface area contributed by atoms with E-state index in [0.29, 0.717) is 17.5 Å². The Bertz CT molecular complexity index is 4220. The molecule has 0 unspecified atom stereocenters. The van der Waals surface area contributed by atoms with Crippen molar-refractivity contribution in [2.24, 2.45) is 0 Å². The van der Waals surface area contributed by atoms with Gasteiger partial charge in [0.25, 0.3) is 0 Å². The molecule has 65 heavy (non-hydrogen) atoms. The van der Waals surface area contributed by atoms with Gasteiger partial charge in [-0.15, -0.1) is 11.3 Å². The van der Waals surface area contributed by atoms with Crippen LogP contribution in [0.15, 0.2) is 212 Å². The van der Waals surface area contributed by atoms with Crippen LogP contribution in [0.1, 0.15) is 0 Å². The largest absolute Gasteiger partial charge is 0.208 e. The smallest absolute Gasteiger partial charge is 0.164 e. The van der Waals surface area contributed by atoms with E-state index in [2.05, 4.69) is 212 Å². The molecule has 0 radical (unpaired) electrons. The molecule has 2 heterocycles. The van der Waals surface area contributed by atoms with E-state index in [4.69, 9.17) is 15.0 Å². The summed E-state index contributed by atoms with van der Waals surface area (Å²) >= 11 is 1.85. The minimum Gasteiger partial charge on any atom is -0.208 e. The lowest BCUT2D eigenvalue weighted by Crippen LogP contribution is -2.00. The molecule has 12 aromatic carbocycles. The summed E-state index contributed by atoms with van der Waals surface area (Å²) in [4.78, 5) is 16.0. The van der Waals surface area contributed by atoms with Crippen molar-refractivity contribution < 1.29 is 0 Å². The fourth-order valence-electron chi connectivity index (χ4n) is 10.4. The molecule has 14 aromatic rings. The summed E-state index contributed by atoms with van der Waals surface area (Å²) in [5.74, 6) is 1.89. The highest BCUT2D eigenvalue weighted by Crippen LogP contribution is 2.45. The number of aromatic nitrogens is 3. The van der Waals surface area contributed by atoms with Crippen molar-refractivity contribution in [3.63, 3.8) is 0 Å². The maximum Gasteiger partial charge on any atom is 0.164 e. The van der Waals surface area contributed by atoms with Gasteiger partial charge in [0.05, 0.1) is 0 Å². The van der Waals surface area contributed by atoms with Gasteiger partial charge in [0, 0.05) is 36.9 Å². The number of rotatable bonds is 5. The Balaban J connectivity index is 1.01. The van der Waals surface area contributed by atoms with E-state index in [-0.39, 0.29) is 0 Å². The van der Waals surface area contributed by atoms with Crippen LogP contribution in [0.2, 0.25) is 0 Å². The summed E-state index contributed by atoms with van der Waals surface area (Å²) in [5, 5.41) is 17.4. The van der Waals surface area contributed by atoms with E-state index < -0.39 is 0 Å². The lowest BCUT2D eigenvalue weighted by atomic mass is 9.87. The van der Waals surface area contributed by atoms with Crippen LogP contribution in [0.4, 0.5) is 0 Å². The normalized spacial score (nSPS) is 12.0. The Kier molecular flexibility index (Phi) is 7.85. The molecule has 0 N–H and O–H groups in total. The number of nitrogens with zero attached hydrogens (tertiary/aromatic N) is 3. The Morgan fingerprint density at radius 2 is 0.754 bits per heavy atom. The molecule has 0 fully saturated rings. The second-order valence-electron chi connectivity index (χ2n) is 17.1. The molecule has 0 amide bonds. The van der Waals surface area contributed by atoms with Gasteiger partial charge in [-0.05, 0) is 111 Å². The maximum absolute atomic E-state index is 5.37. The van der Waals surface area contributed by atoms with E-state index >= 15 is 0 Å². The Morgan fingerprint density at radius 1 is 0.262 bits per heavy atom. The van der Waals surface area contributed by atoms with Crippen LogP contribution < -0.4 is 0 Å². The molecular formula is C61H35N3S. The number of hydrogen-bond donors (Lipinski definition) is 0. The molecule has 0 aliphatic rings. The first kappa shape index (κ1) is 36.2. The third kappa shape index (κ3) is 5.64. The van der Waals surface area contributed by atoms with Gasteiger partial charge in [-0.2, -0.15) is 0 Å². The predicted molar refractivity (Wildman–Crippen MR) is 276 cm³/mol. The average Bonchev–Trinajstić information content (AvgIpc) is 3.76. The standard InChI is InChI=1S/C61H35N3S/c1-2-11-36(12-3-1)42-16-6-17-44(33-42)60-62-59(41-30-25-37(26-31-41)46-19-10-23-51-47-18-4-5-24-53(47)65-58(46)51)63-61(64-60)45-34-43-32-29-40-14-8-21-49-48-20-7-13-38-27-28-39-15-9-22-50(56(39)54(38)48)52(35-45)57(43)55(40)49/h1-35H. The highest BCUT2D eigenvalue weighted by Gasteiger charge is 2.19. The molecule has 0 atom stereocenters. The molecule has 14 rings (SSSR count). The van der Waals surface area contributed by atoms with Crippen molar-refractivity contribution in [1.29, 1.82) is 0 Å². The molecular weight excluding hydrogens is 807 g/mol. The average molecular weight is 842 g/mol. The maximum atomic E-state index is 5.37. The molecule has 0 aliphatic carbocycles. The van der Waals surface area contributed by atoms with Crippen molar-refractivity contribution >= 4 is 96.1 Å². The van der Waals surface area contributed by atoms with Crippen LogP contribution in [0.3, 0.4) is 0 Å². The molecule has 2 aromatic heterocycles. The highest BCUT2D eigenvalue weighted by molar-refractivity contribution is 7.26. The monoisotopic (exact) mass is 841 g/mol. The van der Waals surface area contributed by atoms with Gasteiger partial charge < -0.3 is 0 Å². The SMILES string of the molecule is c1ccc(-c2cccc(-c3nc(-c4ccc(-c5cccc6c5sc5ccccc56)cc4)nc(-c4cc5ccc6cccc7c8cccc9ccc%10cccc(c(c4)c5c67)c%10c98)n3)c2)cc1. The van der Waals surface area contributed by atoms with Crippen LogP contribution in [-0.2, 0) is 0 Å². The third-order valence-electron chi connectivity index (χ3n) is 13.4. The van der Waals surface area contributed by atoms with Gasteiger partial charge in [-0.1, -0.05) is 188 Å². The quantitative estimate of drug-likeness (QED) is 0.162. The van der Waals surface area contributed by atoms with Gasteiger partial charge in [0.1, 0.15) is 0 Å². The summed E-state index contributed by atoms with van der Waals surface area (Å²) < 4.78 is 2.60. The fourth-order valence-corrected chi connectivity index (χ4v) is 11.7. The third-order valence-corrected chi connectivity index (χ3v) is 14.6. The fraction of sp³-hybridized carbons (Fsp3) is 0. The number of benzene rings is 11. The summed E-state index contributed by atoms with van der Waals surface area (Å²) in [6.45, 7) is 0. The number of hydrogen-bond acceptors (Lipinski definition) is 4. The lowest BCUT2D eigenvalue weighted by molar-refractivity contribution is 1.07. The Morgan fingerprint density at radius 3 is 1.46 bits per heavy atom. The van der Waals surface area contributed by atoms with Gasteiger partial charge in [0.15, 0.2) is 17.5 Å². The van der Waals surface area contributed by atoms with Crippen LogP contribution in [0.25, 0.3) is 141 Å². The minimum absolute atomic E-state index is 0.631. The molecule has 0 aliphatic heterocycles. The first-order valence-corrected chi connectivity index (χ1v) is 22.9. The van der Waals surface area contributed by atoms with Gasteiger partial charge in [-0.25, -0.2) is 15.0 Å². The van der Waals surface area contributed by atoms with Crippen molar-refractivity contribution in [3.8, 4) is 56.4 Å². The van der Waals surface area contributed by atoms with Crippen molar-refractivity contribution in [2.75, 3.05) is 0 Å². The van der Waals surface area contributed by atoms with Gasteiger partial charge in [0.2, 0.25) is 0 Å². The Labute approximate surface area is 377 Å². The van der Waals surface area contributed by atoms with E-state index in [1.165, 1.54) is 85.0 Å². The second kappa shape index (κ2) is 14.1. The van der Waals surface area contributed by atoms with Crippen molar-refractivity contribution in [3.05, 3.63) is 212 Å². The van der Waals surface area contributed by atoms with Gasteiger partial charge >= 0.3 is 0 Å². The topological polar surface area (TPSA) is 38.7 Å². The molecule has 3 nitrogen and oxygen atoms in total. The number of thiophene rings is 1. The molecule has 4 heteroatoms. The molecule has 0 saturated heterocycles. The first-order chi connectivity index (χ1) is 32.2. The second-order valence-corrected chi connectivity index (χ2v) is 18.1. The molecule has 300 valence electrons.